The molecular weight excluding hydrogens is 540 g/mol. The van der Waals surface area contributed by atoms with Gasteiger partial charge in [-0.2, -0.15) is 0 Å². The molecule has 0 aliphatic heterocycles. The second-order valence-corrected chi connectivity index (χ2v) is 9.71. The quantitative estimate of drug-likeness (QED) is 0.0725. The summed E-state index contributed by atoms with van der Waals surface area (Å²) in [5.41, 5.74) is 23.4. The number of primary amides is 1. The van der Waals surface area contributed by atoms with E-state index in [1.807, 2.05) is 48.5 Å². The van der Waals surface area contributed by atoms with E-state index in [2.05, 4.69) is 20.9 Å². The first-order chi connectivity index (χ1) is 20.2. The second-order valence-electron chi connectivity index (χ2n) is 9.71. The number of unbranched alkanes of at least 4 members (excludes halogenated alkanes) is 1. The van der Waals surface area contributed by atoms with E-state index >= 15 is 0 Å². The van der Waals surface area contributed by atoms with E-state index in [0.717, 1.165) is 11.1 Å². The van der Waals surface area contributed by atoms with Crippen LogP contribution in [0.5, 0.6) is 0 Å². The predicted octanol–water partition coefficient (Wildman–Crippen LogP) is 0.162. The highest BCUT2D eigenvalue weighted by Crippen LogP contribution is 2.08. The molecule has 2 aromatic carbocycles. The molecule has 0 aliphatic rings. The average molecular weight is 583 g/mol. The first-order valence-electron chi connectivity index (χ1n) is 13.9. The van der Waals surface area contributed by atoms with Gasteiger partial charge in [0.15, 0.2) is 5.96 Å². The van der Waals surface area contributed by atoms with Gasteiger partial charge in [0.1, 0.15) is 24.7 Å². The number of hydrogen-bond acceptors (Lipinski definition) is 7. The van der Waals surface area contributed by atoms with Crippen LogP contribution in [0.4, 0.5) is 4.79 Å². The molecular formula is C29H42N8O5. The van der Waals surface area contributed by atoms with Crippen LogP contribution >= 0.6 is 0 Å². The maximum atomic E-state index is 13.5. The summed E-state index contributed by atoms with van der Waals surface area (Å²) in [7, 11) is 0. The van der Waals surface area contributed by atoms with Gasteiger partial charge < -0.3 is 43.6 Å². The number of rotatable bonds is 18. The molecule has 0 bridgehead atoms. The van der Waals surface area contributed by atoms with Crippen molar-refractivity contribution in [3.63, 3.8) is 0 Å². The van der Waals surface area contributed by atoms with Crippen molar-refractivity contribution in [2.24, 2.45) is 27.9 Å². The number of nitrogens with one attached hydrogen (secondary N) is 3. The van der Waals surface area contributed by atoms with Crippen LogP contribution in [0.1, 0.15) is 43.2 Å². The fraction of sp³-hybridized carbons (Fsp3) is 0.414. The molecule has 11 N–H and O–H groups in total. The third kappa shape index (κ3) is 13.1. The fourth-order valence-electron chi connectivity index (χ4n) is 4.06. The lowest BCUT2D eigenvalue weighted by molar-refractivity contribution is -0.132. The Bertz CT molecular complexity index is 1160. The molecule has 0 spiro atoms. The number of guanidine groups is 1. The van der Waals surface area contributed by atoms with Gasteiger partial charge in [0.2, 0.25) is 17.7 Å². The Morgan fingerprint density at radius 2 is 1.29 bits per heavy atom. The van der Waals surface area contributed by atoms with Crippen LogP contribution < -0.4 is 38.9 Å². The molecule has 0 saturated carbocycles. The van der Waals surface area contributed by atoms with Gasteiger partial charge in [0.25, 0.3) is 0 Å². The smallest absolute Gasteiger partial charge is 0.408 e. The van der Waals surface area contributed by atoms with E-state index in [4.69, 9.17) is 27.7 Å². The summed E-state index contributed by atoms with van der Waals surface area (Å²) in [6.45, 7) is 0.675. The molecule has 0 radical (unpaired) electrons. The Hall–Kier alpha value is -4.65. The van der Waals surface area contributed by atoms with Crippen LogP contribution in [-0.4, -0.2) is 61.0 Å². The number of ether oxygens (including phenoxy) is 1. The Kier molecular flexibility index (Phi) is 14.9. The third-order valence-corrected chi connectivity index (χ3v) is 6.29. The van der Waals surface area contributed by atoms with Crippen molar-refractivity contribution < 1.29 is 23.9 Å². The monoisotopic (exact) mass is 582 g/mol. The van der Waals surface area contributed by atoms with Crippen molar-refractivity contribution in [2.75, 3.05) is 13.1 Å². The zero-order valence-corrected chi connectivity index (χ0v) is 23.7. The van der Waals surface area contributed by atoms with E-state index in [1.54, 1.807) is 12.1 Å². The highest BCUT2D eigenvalue weighted by atomic mass is 16.5. The number of benzene rings is 2. The number of hydrogen-bond donors (Lipinski definition) is 7. The Morgan fingerprint density at radius 3 is 1.88 bits per heavy atom. The summed E-state index contributed by atoms with van der Waals surface area (Å²) in [6, 6.07) is 15.1. The maximum absolute atomic E-state index is 13.5. The molecule has 0 fully saturated rings. The van der Waals surface area contributed by atoms with Gasteiger partial charge in [0.05, 0.1) is 0 Å². The highest BCUT2D eigenvalue weighted by Gasteiger charge is 2.29. The predicted molar refractivity (Wildman–Crippen MR) is 160 cm³/mol. The lowest BCUT2D eigenvalue weighted by atomic mass is 10.0. The van der Waals surface area contributed by atoms with Gasteiger partial charge in [-0.15, -0.1) is 0 Å². The van der Waals surface area contributed by atoms with E-state index in [1.165, 1.54) is 0 Å². The number of carbonyl (C=O) groups excluding carboxylic acids is 4. The number of nitrogens with two attached hydrogens (primary N) is 4. The van der Waals surface area contributed by atoms with Crippen molar-refractivity contribution in [1.82, 2.24) is 16.0 Å². The van der Waals surface area contributed by atoms with Crippen molar-refractivity contribution in [1.29, 1.82) is 0 Å². The van der Waals surface area contributed by atoms with Gasteiger partial charge in [-0.3, -0.25) is 19.4 Å². The highest BCUT2D eigenvalue weighted by molar-refractivity contribution is 5.93. The number of aliphatic imine (C=N–C) groups is 1. The molecule has 228 valence electrons. The number of amides is 4. The first-order valence-corrected chi connectivity index (χ1v) is 13.9. The summed E-state index contributed by atoms with van der Waals surface area (Å²) in [4.78, 5) is 55.4. The fourth-order valence-corrected chi connectivity index (χ4v) is 4.06. The van der Waals surface area contributed by atoms with E-state index in [0.29, 0.717) is 32.2 Å². The molecule has 4 amide bonds. The average Bonchev–Trinajstić information content (AvgIpc) is 2.97. The third-order valence-electron chi connectivity index (χ3n) is 6.29. The second kappa shape index (κ2) is 18.7. The Morgan fingerprint density at radius 1 is 0.714 bits per heavy atom. The number of carbonyl (C=O) groups is 4. The van der Waals surface area contributed by atoms with Crippen LogP contribution in [-0.2, 0) is 32.1 Å². The molecule has 0 heterocycles. The van der Waals surface area contributed by atoms with Gasteiger partial charge >= 0.3 is 6.09 Å². The SMILES string of the molecule is NCCCC[C@H](NC(=O)[C@H](Cc1ccccc1)NC(=O)[C@H](CCCN=C(N)N)NC(=O)OCc1ccccc1)C(N)=O. The zero-order chi connectivity index (χ0) is 30.7. The van der Waals surface area contributed by atoms with Gasteiger partial charge in [-0.25, -0.2) is 4.79 Å². The normalized spacial score (nSPS) is 12.7. The molecule has 0 unspecified atom stereocenters. The van der Waals surface area contributed by atoms with Crippen LogP contribution in [0.25, 0.3) is 0 Å². The summed E-state index contributed by atoms with van der Waals surface area (Å²) >= 11 is 0. The van der Waals surface area contributed by atoms with E-state index < -0.39 is 41.9 Å². The number of alkyl carbamates (subject to hydrolysis) is 1. The molecule has 3 atom stereocenters. The van der Waals surface area contributed by atoms with Crippen molar-refractivity contribution in [3.05, 3.63) is 71.8 Å². The summed E-state index contributed by atoms with van der Waals surface area (Å²) in [6.07, 6.45) is 1.41. The minimum absolute atomic E-state index is 0.00666. The minimum atomic E-state index is -1.07. The molecule has 0 aromatic heterocycles. The van der Waals surface area contributed by atoms with Gasteiger partial charge in [-0.1, -0.05) is 60.7 Å². The summed E-state index contributed by atoms with van der Waals surface area (Å²) in [5.74, 6) is -1.99. The standard InChI is InChI=1S/C29H42N8O5/c30-16-8-7-14-22(25(31)38)35-27(40)24(18-20-10-3-1-4-11-20)36-26(39)23(15-9-17-34-28(32)33)37-29(41)42-19-21-12-5-2-6-13-21/h1-6,10-13,22-24H,7-9,14-19,30H2,(H2,31,38)(H,35,40)(H,36,39)(H,37,41)(H4,32,33,34)/t22-,23-,24-/m0/s1. The molecule has 13 heteroatoms. The zero-order valence-electron chi connectivity index (χ0n) is 23.7. The molecule has 0 saturated heterocycles. The van der Waals surface area contributed by atoms with Gasteiger partial charge in [-0.05, 0) is 49.8 Å². The topological polar surface area (TPSA) is 230 Å². The van der Waals surface area contributed by atoms with Crippen LogP contribution in [0.15, 0.2) is 65.7 Å². The Labute approximate surface area is 245 Å². The largest absolute Gasteiger partial charge is 0.445 e. The summed E-state index contributed by atoms with van der Waals surface area (Å²) < 4.78 is 5.29. The van der Waals surface area contributed by atoms with Crippen molar-refractivity contribution in [3.8, 4) is 0 Å². The maximum Gasteiger partial charge on any atom is 0.408 e. The van der Waals surface area contributed by atoms with Crippen LogP contribution in [0.2, 0.25) is 0 Å². The summed E-state index contributed by atoms with van der Waals surface area (Å²) in [5, 5.41) is 7.96. The molecule has 0 aliphatic carbocycles. The van der Waals surface area contributed by atoms with E-state index in [-0.39, 0.29) is 32.0 Å². The minimum Gasteiger partial charge on any atom is -0.445 e. The molecule has 13 nitrogen and oxygen atoms in total. The van der Waals surface area contributed by atoms with E-state index in [9.17, 15) is 19.2 Å². The lowest BCUT2D eigenvalue weighted by Crippen LogP contribution is -2.57. The first kappa shape index (κ1) is 33.6. The number of nitrogens with zero attached hydrogens (tertiary/aromatic N) is 1. The van der Waals surface area contributed by atoms with Crippen LogP contribution in [0.3, 0.4) is 0 Å². The molecule has 42 heavy (non-hydrogen) atoms. The van der Waals surface area contributed by atoms with Crippen LogP contribution in [0, 0.1) is 0 Å². The molecule has 2 aromatic rings. The van der Waals surface area contributed by atoms with Crippen molar-refractivity contribution >= 4 is 29.8 Å². The van der Waals surface area contributed by atoms with Gasteiger partial charge in [0, 0.05) is 13.0 Å². The molecule has 2 rings (SSSR count). The Balaban J connectivity index is 2.17. The van der Waals surface area contributed by atoms with Crippen molar-refractivity contribution in [2.45, 2.75) is 63.3 Å². The lowest BCUT2D eigenvalue weighted by Gasteiger charge is -2.25.